The first-order valence-corrected chi connectivity index (χ1v) is 11.8. The maximum atomic E-state index is 5.57. The molecule has 0 saturated carbocycles. The van der Waals surface area contributed by atoms with Gasteiger partial charge in [0.15, 0.2) is 18.0 Å². The van der Waals surface area contributed by atoms with Gasteiger partial charge in [0, 0.05) is 25.2 Å². The highest BCUT2D eigenvalue weighted by Gasteiger charge is 2.12. The normalized spacial score (nSPS) is 11.0. The maximum Gasteiger partial charge on any atom is 0.228 e. The summed E-state index contributed by atoms with van der Waals surface area (Å²) < 4.78 is 11.0. The van der Waals surface area contributed by atoms with Gasteiger partial charge in [-0.05, 0) is 30.8 Å². The van der Waals surface area contributed by atoms with Crippen molar-refractivity contribution in [3.05, 3.63) is 66.7 Å². The smallest absolute Gasteiger partial charge is 0.228 e. The van der Waals surface area contributed by atoms with E-state index >= 15 is 0 Å². The van der Waals surface area contributed by atoms with Crippen molar-refractivity contribution in [1.82, 2.24) is 24.8 Å². The lowest BCUT2D eigenvalue weighted by atomic mass is 10.1. The summed E-state index contributed by atoms with van der Waals surface area (Å²) in [7, 11) is 1.64. The molecule has 2 aromatic carbocycles. The molecule has 4 aromatic rings. The first-order valence-electron chi connectivity index (χ1n) is 11.8. The van der Waals surface area contributed by atoms with Gasteiger partial charge in [-0.1, -0.05) is 50.2 Å². The van der Waals surface area contributed by atoms with Gasteiger partial charge < -0.3 is 24.7 Å². The summed E-state index contributed by atoms with van der Waals surface area (Å²) in [6.07, 6.45) is 3.07. The second-order valence-corrected chi connectivity index (χ2v) is 7.88. The van der Waals surface area contributed by atoms with Crippen LogP contribution >= 0.6 is 0 Å². The molecule has 2 heterocycles. The molecule has 0 saturated heterocycles. The van der Waals surface area contributed by atoms with Crippen LogP contribution in [0, 0.1) is 0 Å². The van der Waals surface area contributed by atoms with Crippen molar-refractivity contribution in [2.24, 2.45) is 0 Å². The van der Waals surface area contributed by atoms with Crippen LogP contribution in [0.2, 0.25) is 0 Å². The van der Waals surface area contributed by atoms with Gasteiger partial charge in [-0.2, -0.15) is 15.0 Å². The van der Waals surface area contributed by atoms with E-state index in [2.05, 4.69) is 49.3 Å². The number of anilines is 2. The minimum absolute atomic E-state index is 0.502. The van der Waals surface area contributed by atoms with Crippen molar-refractivity contribution in [2.45, 2.75) is 20.4 Å². The number of nitrogens with one attached hydrogen (secondary N) is 2. The quantitative estimate of drug-likeness (QED) is 0.306. The molecule has 0 aliphatic carbocycles. The van der Waals surface area contributed by atoms with Crippen molar-refractivity contribution >= 4 is 11.9 Å². The van der Waals surface area contributed by atoms with Crippen molar-refractivity contribution in [2.75, 3.05) is 43.9 Å². The average Bonchev–Trinajstić information content (AvgIpc) is 3.45. The maximum absolute atomic E-state index is 5.57. The zero-order valence-electron chi connectivity index (χ0n) is 20.4. The van der Waals surface area contributed by atoms with Crippen LogP contribution in [-0.2, 0) is 6.54 Å². The van der Waals surface area contributed by atoms with Crippen LogP contribution in [0.25, 0.3) is 22.7 Å². The van der Waals surface area contributed by atoms with E-state index in [0.29, 0.717) is 35.8 Å². The first-order chi connectivity index (χ1) is 17.2. The van der Waals surface area contributed by atoms with E-state index in [-0.39, 0.29) is 0 Å². The predicted octanol–water partition coefficient (Wildman–Crippen LogP) is 4.57. The average molecular weight is 474 g/mol. The summed E-state index contributed by atoms with van der Waals surface area (Å²) in [5.41, 5.74) is 2.80. The number of likely N-dealkylation sites (N-methyl/N-ethyl adjacent to an activating group) is 1. The fourth-order valence-corrected chi connectivity index (χ4v) is 3.70. The molecule has 9 heteroatoms. The Balaban J connectivity index is 1.52. The lowest BCUT2D eigenvalue weighted by Gasteiger charge is -2.18. The number of hydrogen-bond acceptors (Lipinski definition) is 9. The Bertz CT molecular complexity index is 1200. The first kappa shape index (κ1) is 24.2. The van der Waals surface area contributed by atoms with Crippen LogP contribution in [0.1, 0.15) is 19.4 Å². The van der Waals surface area contributed by atoms with E-state index in [1.54, 1.807) is 13.3 Å². The summed E-state index contributed by atoms with van der Waals surface area (Å²) in [6.45, 7) is 8.53. The Morgan fingerprint density at radius 3 is 2.40 bits per heavy atom. The molecule has 182 valence electrons. The van der Waals surface area contributed by atoms with Crippen LogP contribution in [0.15, 0.2) is 65.5 Å². The Hall–Kier alpha value is -3.98. The number of oxazole rings is 1. The minimum atomic E-state index is 0.502. The lowest BCUT2D eigenvalue weighted by molar-refractivity contribution is 0.316. The van der Waals surface area contributed by atoms with Crippen LogP contribution in [0.3, 0.4) is 0 Å². The molecule has 0 aliphatic rings. The zero-order chi connectivity index (χ0) is 24.5. The van der Waals surface area contributed by atoms with Crippen molar-refractivity contribution in [3.8, 4) is 28.5 Å². The number of nitrogens with zero attached hydrogens (tertiary/aromatic N) is 5. The molecule has 0 atom stereocenters. The molecule has 0 spiro atoms. The molecule has 0 bridgehead atoms. The molecular weight excluding hydrogens is 442 g/mol. The molecule has 0 radical (unpaired) electrons. The van der Waals surface area contributed by atoms with E-state index in [4.69, 9.17) is 9.15 Å². The number of ether oxygens (including phenoxy) is 1. The molecule has 35 heavy (non-hydrogen) atoms. The molecule has 0 amide bonds. The van der Waals surface area contributed by atoms with E-state index in [1.807, 2.05) is 48.5 Å². The highest BCUT2D eigenvalue weighted by Crippen LogP contribution is 2.30. The van der Waals surface area contributed by atoms with Gasteiger partial charge in [-0.15, -0.1) is 0 Å². The summed E-state index contributed by atoms with van der Waals surface area (Å²) in [5, 5.41) is 6.69. The second kappa shape index (κ2) is 11.9. The summed E-state index contributed by atoms with van der Waals surface area (Å²) in [5.74, 6) is 3.04. The van der Waals surface area contributed by atoms with Crippen LogP contribution in [0.5, 0.6) is 5.75 Å². The number of methoxy groups -OCH3 is 1. The molecule has 2 N–H and O–H groups in total. The van der Waals surface area contributed by atoms with Gasteiger partial charge in [0.1, 0.15) is 5.75 Å². The molecule has 0 fully saturated rings. The Labute approximate surface area is 205 Å². The highest BCUT2D eigenvalue weighted by atomic mass is 16.5. The standard InChI is InChI=1S/C26H31N7O2/c1-4-33(5-2)14-13-28-25-30-24(20-9-7-6-8-10-20)31-26(32-25)29-16-19-11-12-21(22(15-19)34-3)23-17-27-18-35-23/h6-12,15,17-18H,4-5,13-14,16H2,1-3H3,(H2,28,29,30,31,32). The van der Waals surface area contributed by atoms with Crippen LogP contribution in [0.4, 0.5) is 11.9 Å². The second-order valence-electron chi connectivity index (χ2n) is 7.88. The molecule has 4 rings (SSSR count). The third kappa shape index (κ3) is 6.33. The van der Waals surface area contributed by atoms with Gasteiger partial charge in [-0.25, -0.2) is 4.98 Å². The van der Waals surface area contributed by atoms with Crippen molar-refractivity contribution < 1.29 is 9.15 Å². The largest absolute Gasteiger partial charge is 0.496 e. The van der Waals surface area contributed by atoms with E-state index in [0.717, 1.165) is 42.9 Å². The molecule has 2 aromatic heterocycles. The molecular formula is C26H31N7O2. The number of benzene rings is 2. The van der Waals surface area contributed by atoms with E-state index in [1.165, 1.54) is 6.39 Å². The third-order valence-corrected chi connectivity index (χ3v) is 5.69. The monoisotopic (exact) mass is 473 g/mol. The van der Waals surface area contributed by atoms with Gasteiger partial charge in [0.2, 0.25) is 11.9 Å². The van der Waals surface area contributed by atoms with Crippen LogP contribution in [-0.4, -0.2) is 58.1 Å². The van der Waals surface area contributed by atoms with Gasteiger partial charge >= 0.3 is 0 Å². The summed E-state index contributed by atoms with van der Waals surface area (Å²) in [6, 6.07) is 15.8. The van der Waals surface area contributed by atoms with Crippen molar-refractivity contribution in [3.63, 3.8) is 0 Å². The molecule has 0 unspecified atom stereocenters. The van der Waals surface area contributed by atoms with E-state index < -0.39 is 0 Å². The van der Waals surface area contributed by atoms with Gasteiger partial charge in [0.05, 0.1) is 18.9 Å². The Morgan fingerprint density at radius 2 is 1.71 bits per heavy atom. The summed E-state index contributed by atoms with van der Waals surface area (Å²) in [4.78, 5) is 20.2. The SMILES string of the molecule is CCN(CC)CCNc1nc(NCc2ccc(-c3cnco3)c(OC)c2)nc(-c2ccccc2)n1. The van der Waals surface area contributed by atoms with Crippen LogP contribution < -0.4 is 15.4 Å². The fraction of sp³-hybridized carbons (Fsp3) is 0.308. The molecule has 9 nitrogen and oxygen atoms in total. The highest BCUT2D eigenvalue weighted by molar-refractivity contribution is 5.66. The van der Waals surface area contributed by atoms with Gasteiger partial charge in [-0.3, -0.25) is 0 Å². The fourth-order valence-electron chi connectivity index (χ4n) is 3.70. The summed E-state index contributed by atoms with van der Waals surface area (Å²) >= 11 is 0. The number of aromatic nitrogens is 4. The van der Waals surface area contributed by atoms with E-state index in [9.17, 15) is 0 Å². The van der Waals surface area contributed by atoms with Gasteiger partial charge in [0.25, 0.3) is 0 Å². The third-order valence-electron chi connectivity index (χ3n) is 5.69. The minimum Gasteiger partial charge on any atom is -0.496 e. The Kier molecular flexibility index (Phi) is 8.24. The lowest BCUT2D eigenvalue weighted by Crippen LogP contribution is -2.29. The topological polar surface area (TPSA) is 101 Å². The molecule has 0 aliphatic heterocycles. The van der Waals surface area contributed by atoms with Crippen molar-refractivity contribution in [1.29, 1.82) is 0 Å². The Morgan fingerprint density at radius 1 is 0.943 bits per heavy atom. The zero-order valence-corrected chi connectivity index (χ0v) is 20.4. The number of hydrogen-bond donors (Lipinski definition) is 2. The number of rotatable bonds is 12. The predicted molar refractivity (Wildman–Crippen MR) is 137 cm³/mol.